The Morgan fingerprint density at radius 2 is 1.75 bits per heavy atom. The number of phenols is 1. The summed E-state index contributed by atoms with van der Waals surface area (Å²) in [7, 11) is 0. The van der Waals surface area contributed by atoms with E-state index in [0.717, 1.165) is 6.54 Å². The zero-order valence-electron chi connectivity index (χ0n) is 8.85. The molecular weight excluding hydrogens is 198 g/mol. The van der Waals surface area contributed by atoms with Crippen LogP contribution in [0.4, 0.5) is 5.69 Å². The summed E-state index contributed by atoms with van der Waals surface area (Å²) < 4.78 is 0. The molecule has 1 atom stereocenters. The summed E-state index contributed by atoms with van der Waals surface area (Å²) in [6.07, 6.45) is 0. The minimum Gasteiger partial charge on any atom is -0.508 e. The number of rotatable bonds is 1. The summed E-state index contributed by atoms with van der Waals surface area (Å²) in [4.78, 5) is 0. The second-order valence-corrected chi connectivity index (χ2v) is 4.11. The minimum atomic E-state index is 0.322. The molecule has 1 heterocycles. The van der Waals surface area contributed by atoms with Crippen LogP contribution >= 0.6 is 0 Å². The number of hydrogen-bond donors (Lipinski definition) is 2. The summed E-state index contributed by atoms with van der Waals surface area (Å²) in [5.41, 5.74) is 3.81. The third-order valence-electron chi connectivity index (χ3n) is 3.13. The monoisotopic (exact) mass is 211 g/mol. The molecule has 3 rings (SSSR count). The third-order valence-corrected chi connectivity index (χ3v) is 3.13. The standard InChI is InChI=1S/C14H13NO/c16-11-7-5-10(6-8-11)13-9-15-14-4-2-1-3-12(13)14/h1-8,13,15-16H,9H2. The SMILES string of the molecule is Oc1ccc(C2CNc3ccccc32)cc1. The molecule has 0 aromatic heterocycles. The lowest BCUT2D eigenvalue weighted by Crippen LogP contribution is -2.03. The highest BCUT2D eigenvalue weighted by molar-refractivity contribution is 5.60. The van der Waals surface area contributed by atoms with Gasteiger partial charge in [-0.05, 0) is 29.3 Å². The van der Waals surface area contributed by atoms with Gasteiger partial charge in [-0.3, -0.25) is 0 Å². The van der Waals surface area contributed by atoms with Crippen molar-refractivity contribution in [3.8, 4) is 5.75 Å². The molecule has 16 heavy (non-hydrogen) atoms. The van der Waals surface area contributed by atoms with E-state index in [1.807, 2.05) is 18.2 Å². The maximum absolute atomic E-state index is 9.28. The minimum absolute atomic E-state index is 0.322. The Morgan fingerprint density at radius 1 is 1.00 bits per heavy atom. The van der Waals surface area contributed by atoms with Gasteiger partial charge in [-0.25, -0.2) is 0 Å². The second-order valence-electron chi connectivity index (χ2n) is 4.11. The first-order valence-electron chi connectivity index (χ1n) is 5.46. The molecule has 1 aliphatic heterocycles. The maximum atomic E-state index is 9.28. The van der Waals surface area contributed by atoms with Crippen LogP contribution in [0.2, 0.25) is 0 Å². The Morgan fingerprint density at radius 3 is 2.56 bits per heavy atom. The molecule has 1 unspecified atom stereocenters. The van der Waals surface area contributed by atoms with E-state index in [4.69, 9.17) is 0 Å². The average Bonchev–Trinajstić information content (AvgIpc) is 2.74. The molecule has 2 N–H and O–H groups in total. The van der Waals surface area contributed by atoms with Crippen molar-refractivity contribution in [2.45, 2.75) is 5.92 Å². The molecule has 0 saturated heterocycles. The van der Waals surface area contributed by atoms with Crippen molar-refractivity contribution in [1.29, 1.82) is 0 Å². The lowest BCUT2D eigenvalue weighted by atomic mass is 9.93. The lowest BCUT2D eigenvalue weighted by molar-refractivity contribution is 0.475. The molecule has 0 fully saturated rings. The molecule has 0 radical (unpaired) electrons. The first-order chi connectivity index (χ1) is 7.84. The molecule has 1 aliphatic rings. The molecule has 2 nitrogen and oxygen atoms in total. The molecule has 0 saturated carbocycles. The van der Waals surface area contributed by atoms with Gasteiger partial charge in [-0.1, -0.05) is 30.3 Å². The quantitative estimate of drug-likeness (QED) is 0.760. The topological polar surface area (TPSA) is 32.3 Å². The van der Waals surface area contributed by atoms with E-state index in [1.165, 1.54) is 16.8 Å². The van der Waals surface area contributed by atoms with E-state index >= 15 is 0 Å². The average molecular weight is 211 g/mol. The van der Waals surface area contributed by atoms with Crippen LogP contribution in [0.25, 0.3) is 0 Å². The van der Waals surface area contributed by atoms with E-state index in [0.29, 0.717) is 11.7 Å². The van der Waals surface area contributed by atoms with Gasteiger partial charge in [-0.15, -0.1) is 0 Å². The van der Waals surface area contributed by atoms with Crippen LogP contribution in [0.5, 0.6) is 5.75 Å². The fourth-order valence-electron chi connectivity index (χ4n) is 2.29. The molecule has 0 spiro atoms. The van der Waals surface area contributed by atoms with Gasteiger partial charge >= 0.3 is 0 Å². The van der Waals surface area contributed by atoms with Gasteiger partial charge < -0.3 is 10.4 Å². The van der Waals surface area contributed by atoms with Gasteiger partial charge in [0.1, 0.15) is 5.75 Å². The first kappa shape index (κ1) is 9.28. The van der Waals surface area contributed by atoms with Gasteiger partial charge in [-0.2, -0.15) is 0 Å². The largest absolute Gasteiger partial charge is 0.508 e. The van der Waals surface area contributed by atoms with Crippen molar-refractivity contribution < 1.29 is 5.11 Å². The molecule has 2 aromatic carbocycles. The van der Waals surface area contributed by atoms with Crippen LogP contribution in [0.15, 0.2) is 48.5 Å². The van der Waals surface area contributed by atoms with Crippen molar-refractivity contribution in [3.05, 3.63) is 59.7 Å². The van der Waals surface area contributed by atoms with Crippen LogP contribution in [-0.2, 0) is 0 Å². The Kier molecular flexibility index (Phi) is 2.07. The highest BCUT2D eigenvalue weighted by Crippen LogP contribution is 2.36. The van der Waals surface area contributed by atoms with Crippen LogP contribution in [0.1, 0.15) is 17.0 Å². The summed E-state index contributed by atoms with van der Waals surface area (Å²) in [5.74, 6) is 0.722. The number of anilines is 1. The maximum Gasteiger partial charge on any atom is 0.115 e. The van der Waals surface area contributed by atoms with Crippen molar-refractivity contribution >= 4 is 5.69 Å². The van der Waals surface area contributed by atoms with E-state index in [2.05, 4.69) is 23.5 Å². The van der Waals surface area contributed by atoms with Gasteiger partial charge in [0, 0.05) is 18.2 Å². The zero-order chi connectivity index (χ0) is 11.0. The molecule has 2 heteroatoms. The van der Waals surface area contributed by atoms with Gasteiger partial charge in [0.05, 0.1) is 0 Å². The highest BCUT2D eigenvalue weighted by Gasteiger charge is 2.22. The molecule has 0 amide bonds. The van der Waals surface area contributed by atoms with Crippen LogP contribution in [0, 0.1) is 0 Å². The predicted molar refractivity (Wildman–Crippen MR) is 64.9 cm³/mol. The summed E-state index contributed by atoms with van der Waals surface area (Å²) >= 11 is 0. The van der Waals surface area contributed by atoms with Crippen molar-refractivity contribution in [2.75, 3.05) is 11.9 Å². The highest BCUT2D eigenvalue weighted by atomic mass is 16.3. The second kappa shape index (κ2) is 3.56. The molecule has 80 valence electrons. The van der Waals surface area contributed by atoms with Crippen LogP contribution in [-0.4, -0.2) is 11.7 Å². The van der Waals surface area contributed by atoms with Crippen molar-refractivity contribution in [2.24, 2.45) is 0 Å². The number of nitrogens with one attached hydrogen (secondary N) is 1. The Hall–Kier alpha value is -1.96. The van der Waals surface area contributed by atoms with Crippen LogP contribution < -0.4 is 5.32 Å². The number of hydrogen-bond acceptors (Lipinski definition) is 2. The fourth-order valence-corrected chi connectivity index (χ4v) is 2.29. The Labute approximate surface area is 94.6 Å². The fraction of sp³-hybridized carbons (Fsp3) is 0.143. The molecular formula is C14H13NO. The normalized spacial score (nSPS) is 17.9. The Bertz CT molecular complexity index is 504. The number of phenolic OH excluding ortho intramolecular Hbond substituents is 1. The molecule has 0 bridgehead atoms. The number of benzene rings is 2. The molecule has 0 aliphatic carbocycles. The summed E-state index contributed by atoms with van der Waals surface area (Å²) in [5, 5.41) is 12.7. The van der Waals surface area contributed by atoms with E-state index in [-0.39, 0.29) is 0 Å². The van der Waals surface area contributed by atoms with E-state index in [1.54, 1.807) is 12.1 Å². The molecule has 2 aromatic rings. The third kappa shape index (κ3) is 1.43. The summed E-state index contributed by atoms with van der Waals surface area (Å²) in [6.45, 7) is 0.935. The first-order valence-corrected chi connectivity index (χ1v) is 5.46. The van der Waals surface area contributed by atoms with Gasteiger partial charge in [0.25, 0.3) is 0 Å². The number of para-hydroxylation sites is 1. The predicted octanol–water partition coefficient (Wildman–Crippen LogP) is 2.95. The number of fused-ring (bicyclic) bond motifs is 1. The van der Waals surface area contributed by atoms with Crippen molar-refractivity contribution in [1.82, 2.24) is 0 Å². The van der Waals surface area contributed by atoms with E-state index < -0.39 is 0 Å². The van der Waals surface area contributed by atoms with Crippen molar-refractivity contribution in [3.63, 3.8) is 0 Å². The number of aromatic hydroxyl groups is 1. The van der Waals surface area contributed by atoms with Gasteiger partial charge in [0.2, 0.25) is 0 Å². The lowest BCUT2D eigenvalue weighted by Gasteiger charge is -2.10. The Balaban J connectivity index is 2.01. The van der Waals surface area contributed by atoms with Crippen LogP contribution in [0.3, 0.4) is 0 Å². The van der Waals surface area contributed by atoms with Gasteiger partial charge in [0.15, 0.2) is 0 Å². The smallest absolute Gasteiger partial charge is 0.115 e. The van der Waals surface area contributed by atoms with E-state index in [9.17, 15) is 5.11 Å². The zero-order valence-corrected chi connectivity index (χ0v) is 8.85. The summed E-state index contributed by atoms with van der Waals surface area (Å²) in [6, 6.07) is 15.9.